The predicted molar refractivity (Wildman–Crippen MR) is 87.9 cm³/mol. The van der Waals surface area contributed by atoms with Gasteiger partial charge in [0.1, 0.15) is 5.75 Å². The molecule has 23 heavy (non-hydrogen) atoms. The van der Waals surface area contributed by atoms with Gasteiger partial charge in [0.05, 0.1) is 26.4 Å². The topological polar surface area (TPSA) is 62.2 Å². The Morgan fingerprint density at radius 2 is 2.30 bits per heavy atom. The lowest BCUT2D eigenvalue weighted by Crippen LogP contribution is -2.47. The first-order chi connectivity index (χ1) is 11.0. The molecule has 1 unspecified atom stereocenters. The van der Waals surface area contributed by atoms with E-state index < -0.39 is 5.97 Å². The fourth-order valence-corrected chi connectivity index (χ4v) is 2.97. The summed E-state index contributed by atoms with van der Waals surface area (Å²) < 4.78 is 11.1. The molecule has 0 aliphatic carbocycles. The summed E-state index contributed by atoms with van der Waals surface area (Å²) in [6.07, 6.45) is 0.0486. The van der Waals surface area contributed by atoms with Crippen molar-refractivity contribution in [3.05, 3.63) is 29.3 Å². The number of methoxy groups -OCH3 is 1. The van der Waals surface area contributed by atoms with Crippen LogP contribution < -0.4 is 4.74 Å². The Morgan fingerprint density at radius 3 is 2.96 bits per heavy atom. The second-order valence-corrected chi connectivity index (χ2v) is 6.12. The third-order valence-corrected chi connectivity index (χ3v) is 4.01. The molecule has 0 amide bonds. The number of likely N-dealkylation sites (N-methyl/N-ethyl adjacent to an activating group) is 1. The van der Waals surface area contributed by atoms with Crippen molar-refractivity contribution < 1.29 is 19.4 Å². The van der Waals surface area contributed by atoms with Crippen molar-refractivity contribution in [2.24, 2.45) is 0 Å². The van der Waals surface area contributed by atoms with Gasteiger partial charge in [0.25, 0.3) is 0 Å². The van der Waals surface area contributed by atoms with E-state index >= 15 is 0 Å². The largest absolute Gasteiger partial charge is 0.496 e. The summed E-state index contributed by atoms with van der Waals surface area (Å²) >= 11 is 0. The molecular weight excluding hydrogens is 296 g/mol. The van der Waals surface area contributed by atoms with Crippen LogP contribution in [0.5, 0.6) is 5.75 Å². The first-order valence-corrected chi connectivity index (χ1v) is 7.85. The molecular formula is C17H26N2O4. The number of morpholine rings is 1. The second-order valence-electron chi connectivity index (χ2n) is 6.12. The molecule has 0 radical (unpaired) electrons. The van der Waals surface area contributed by atoms with Crippen LogP contribution in [-0.4, -0.2) is 73.9 Å². The highest BCUT2D eigenvalue weighted by Gasteiger charge is 2.22. The maximum Gasteiger partial charge on any atom is 0.317 e. The van der Waals surface area contributed by atoms with Crippen LogP contribution in [0.15, 0.2) is 18.2 Å². The van der Waals surface area contributed by atoms with Crippen molar-refractivity contribution in [3.63, 3.8) is 0 Å². The molecule has 1 aliphatic rings. The fourth-order valence-electron chi connectivity index (χ4n) is 2.97. The van der Waals surface area contributed by atoms with Gasteiger partial charge < -0.3 is 14.6 Å². The standard InChI is InChI=1S/C17H26N2O4/c1-13-8-14(4-5-16(13)22-3)9-19-6-7-23-15(11-19)10-18(2)12-17(20)21/h4-5,8,15H,6-7,9-12H2,1-3H3,(H,20,21). The number of nitrogens with zero attached hydrogens (tertiary/aromatic N) is 2. The monoisotopic (exact) mass is 322 g/mol. The molecule has 2 rings (SSSR count). The van der Waals surface area contributed by atoms with Crippen LogP contribution in [0.4, 0.5) is 0 Å². The number of ether oxygens (including phenoxy) is 2. The van der Waals surface area contributed by atoms with E-state index in [9.17, 15) is 4.79 Å². The van der Waals surface area contributed by atoms with Crippen molar-refractivity contribution in [3.8, 4) is 5.75 Å². The Morgan fingerprint density at radius 1 is 1.52 bits per heavy atom. The summed E-state index contributed by atoms with van der Waals surface area (Å²) in [5.74, 6) is 0.0952. The van der Waals surface area contributed by atoms with Crippen molar-refractivity contribution in [1.29, 1.82) is 0 Å². The van der Waals surface area contributed by atoms with Gasteiger partial charge in [-0.3, -0.25) is 14.6 Å². The molecule has 6 nitrogen and oxygen atoms in total. The molecule has 1 heterocycles. The number of rotatable bonds is 7. The zero-order chi connectivity index (χ0) is 16.8. The Bertz CT molecular complexity index is 535. The Hall–Kier alpha value is -1.63. The van der Waals surface area contributed by atoms with Gasteiger partial charge in [0.15, 0.2) is 0 Å². The van der Waals surface area contributed by atoms with Gasteiger partial charge in [-0.1, -0.05) is 12.1 Å². The maximum absolute atomic E-state index is 10.7. The lowest BCUT2D eigenvalue weighted by Gasteiger charge is -2.34. The highest BCUT2D eigenvalue weighted by molar-refractivity contribution is 5.69. The zero-order valence-corrected chi connectivity index (χ0v) is 14.1. The van der Waals surface area contributed by atoms with E-state index in [-0.39, 0.29) is 12.6 Å². The van der Waals surface area contributed by atoms with Crippen molar-refractivity contribution in [2.45, 2.75) is 19.6 Å². The minimum atomic E-state index is -0.811. The number of carboxylic acid groups (broad SMARTS) is 1. The van der Waals surface area contributed by atoms with Crippen LogP contribution in [0.25, 0.3) is 0 Å². The molecule has 1 fully saturated rings. The van der Waals surface area contributed by atoms with Gasteiger partial charge in [-0.15, -0.1) is 0 Å². The van der Waals surface area contributed by atoms with Crippen molar-refractivity contribution in [2.75, 3.05) is 46.9 Å². The summed E-state index contributed by atoms with van der Waals surface area (Å²) in [7, 11) is 3.49. The third kappa shape index (κ3) is 5.49. The molecule has 1 aromatic rings. The number of carboxylic acids is 1. The number of hydrogen-bond acceptors (Lipinski definition) is 5. The summed E-state index contributed by atoms with van der Waals surface area (Å²) in [5.41, 5.74) is 2.39. The molecule has 1 aromatic carbocycles. The van der Waals surface area contributed by atoms with E-state index in [0.29, 0.717) is 13.2 Å². The lowest BCUT2D eigenvalue weighted by atomic mass is 10.1. The van der Waals surface area contributed by atoms with Crippen LogP contribution in [0, 0.1) is 6.92 Å². The predicted octanol–water partition coefficient (Wildman–Crippen LogP) is 1.22. The maximum atomic E-state index is 10.7. The average Bonchev–Trinajstić information content (AvgIpc) is 2.47. The molecule has 0 bridgehead atoms. The first kappa shape index (κ1) is 17.7. The number of benzene rings is 1. The Labute approximate surface area is 137 Å². The number of aryl methyl sites for hydroxylation is 1. The summed E-state index contributed by atoms with van der Waals surface area (Å²) in [6, 6.07) is 6.25. The number of hydrogen-bond donors (Lipinski definition) is 1. The minimum absolute atomic E-state index is 0.0392. The highest BCUT2D eigenvalue weighted by Crippen LogP contribution is 2.20. The average molecular weight is 322 g/mol. The summed E-state index contributed by atoms with van der Waals surface area (Å²) in [4.78, 5) is 14.9. The van der Waals surface area contributed by atoms with E-state index in [1.165, 1.54) is 5.56 Å². The Kier molecular flexibility index (Phi) is 6.38. The van der Waals surface area contributed by atoms with E-state index in [4.69, 9.17) is 14.6 Å². The highest BCUT2D eigenvalue weighted by atomic mass is 16.5. The van der Waals surface area contributed by atoms with Gasteiger partial charge in [0, 0.05) is 26.2 Å². The van der Waals surface area contributed by atoms with Gasteiger partial charge in [-0.05, 0) is 31.2 Å². The quantitative estimate of drug-likeness (QED) is 0.814. The first-order valence-electron chi connectivity index (χ1n) is 7.85. The molecule has 128 valence electrons. The van der Waals surface area contributed by atoms with E-state index in [0.717, 1.165) is 30.9 Å². The second kappa shape index (κ2) is 8.29. The van der Waals surface area contributed by atoms with Crippen molar-refractivity contribution in [1.82, 2.24) is 9.80 Å². The van der Waals surface area contributed by atoms with E-state index in [1.807, 2.05) is 20.0 Å². The smallest absolute Gasteiger partial charge is 0.317 e. The van der Waals surface area contributed by atoms with Gasteiger partial charge in [-0.2, -0.15) is 0 Å². The van der Waals surface area contributed by atoms with Gasteiger partial charge in [0.2, 0.25) is 0 Å². The Balaban J connectivity index is 1.88. The van der Waals surface area contributed by atoms with Crippen LogP contribution in [0.2, 0.25) is 0 Å². The number of aliphatic carboxylic acids is 1. The normalized spacial score (nSPS) is 19.0. The van der Waals surface area contributed by atoms with Gasteiger partial charge in [-0.25, -0.2) is 0 Å². The minimum Gasteiger partial charge on any atom is -0.496 e. The number of carbonyl (C=O) groups is 1. The molecule has 0 saturated carbocycles. The zero-order valence-electron chi connectivity index (χ0n) is 14.1. The van der Waals surface area contributed by atoms with E-state index in [2.05, 4.69) is 17.0 Å². The summed E-state index contributed by atoms with van der Waals surface area (Å²) in [5, 5.41) is 8.83. The molecule has 1 N–H and O–H groups in total. The van der Waals surface area contributed by atoms with Gasteiger partial charge >= 0.3 is 5.97 Å². The summed E-state index contributed by atoms with van der Waals surface area (Å²) in [6.45, 7) is 5.97. The van der Waals surface area contributed by atoms with Crippen LogP contribution in [0.1, 0.15) is 11.1 Å². The van der Waals surface area contributed by atoms with Crippen LogP contribution in [-0.2, 0) is 16.1 Å². The van der Waals surface area contributed by atoms with Crippen LogP contribution >= 0.6 is 0 Å². The van der Waals surface area contributed by atoms with Crippen LogP contribution in [0.3, 0.4) is 0 Å². The molecule has 0 aromatic heterocycles. The third-order valence-electron chi connectivity index (χ3n) is 4.01. The fraction of sp³-hybridized carbons (Fsp3) is 0.588. The lowest BCUT2D eigenvalue weighted by molar-refractivity contribution is -0.138. The molecule has 0 spiro atoms. The SMILES string of the molecule is COc1ccc(CN2CCOC(CN(C)CC(=O)O)C2)cc1C. The van der Waals surface area contributed by atoms with Crippen molar-refractivity contribution >= 4 is 5.97 Å². The molecule has 1 aliphatic heterocycles. The molecule has 1 saturated heterocycles. The molecule has 1 atom stereocenters. The van der Waals surface area contributed by atoms with E-state index in [1.54, 1.807) is 12.0 Å². The molecule has 6 heteroatoms.